The lowest BCUT2D eigenvalue weighted by atomic mass is 10.2. The van der Waals surface area contributed by atoms with Crippen LogP contribution in [0.15, 0.2) is 35.5 Å². The van der Waals surface area contributed by atoms with Crippen molar-refractivity contribution in [2.24, 2.45) is 5.14 Å². The lowest BCUT2D eigenvalue weighted by molar-refractivity contribution is 0.598. The first-order valence-electron chi connectivity index (χ1n) is 6.10. The van der Waals surface area contributed by atoms with Gasteiger partial charge in [-0.3, -0.25) is 0 Å². The maximum atomic E-state index is 11.3. The quantitative estimate of drug-likeness (QED) is 0.616. The van der Waals surface area contributed by atoms with Gasteiger partial charge < -0.3 is 16.0 Å². The minimum atomic E-state index is -3.80. The van der Waals surface area contributed by atoms with Gasteiger partial charge in [-0.1, -0.05) is 6.92 Å². The molecular formula is C12H17N5O2S. The number of hydrogen-bond donors (Lipinski definition) is 4. The highest BCUT2D eigenvalue weighted by Crippen LogP contribution is 2.25. The number of nitrogens with one attached hydrogen (secondary N) is 2. The first kappa shape index (κ1) is 14.4. The Morgan fingerprint density at radius 1 is 1.45 bits per heavy atom. The van der Waals surface area contributed by atoms with E-state index in [1.165, 1.54) is 6.07 Å². The molecule has 20 heavy (non-hydrogen) atoms. The predicted molar refractivity (Wildman–Crippen MR) is 77.5 cm³/mol. The van der Waals surface area contributed by atoms with Crippen molar-refractivity contribution in [3.63, 3.8) is 0 Å². The molecule has 0 bridgehead atoms. The molecule has 0 aliphatic heterocycles. The molecule has 1 aromatic heterocycles. The Kier molecular flexibility index (Phi) is 3.96. The summed E-state index contributed by atoms with van der Waals surface area (Å²) in [6.07, 6.45) is 4.24. The highest BCUT2D eigenvalue weighted by atomic mass is 32.2. The first-order chi connectivity index (χ1) is 9.41. The molecule has 8 heteroatoms. The van der Waals surface area contributed by atoms with Crippen molar-refractivity contribution in [1.29, 1.82) is 0 Å². The molecule has 0 saturated carbocycles. The number of nitrogen functional groups attached to an aromatic ring is 1. The number of nitrogens with two attached hydrogens (primary N) is 2. The van der Waals surface area contributed by atoms with Crippen molar-refractivity contribution >= 4 is 21.4 Å². The summed E-state index contributed by atoms with van der Waals surface area (Å²) in [6.45, 7) is 2.02. The van der Waals surface area contributed by atoms with Gasteiger partial charge in [0.25, 0.3) is 0 Å². The molecule has 0 saturated heterocycles. The van der Waals surface area contributed by atoms with Gasteiger partial charge >= 0.3 is 0 Å². The molecule has 6 N–H and O–H groups in total. The molecule has 0 aliphatic carbocycles. The summed E-state index contributed by atoms with van der Waals surface area (Å²) in [4.78, 5) is 7.16. The monoisotopic (exact) mass is 295 g/mol. The lowest BCUT2D eigenvalue weighted by Gasteiger charge is -2.17. The number of anilines is 2. The van der Waals surface area contributed by atoms with Gasteiger partial charge in [0.05, 0.1) is 11.7 Å². The molecule has 0 spiro atoms. The van der Waals surface area contributed by atoms with Gasteiger partial charge in [0, 0.05) is 18.1 Å². The molecular weight excluding hydrogens is 278 g/mol. The van der Waals surface area contributed by atoms with Gasteiger partial charge in [0.1, 0.15) is 10.7 Å². The number of nitrogens with zero attached hydrogens (tertiary/aromatic N) is 1. The fourth-order valence-corrected chi connectivity index (χ4v) is 2.58. The van der Waals surface area contributed by atoms with Crippen molar-refractivity contribution in [2.75, 3.05) is 11.1 Å². The van der Waals surface area contributed by atoms with Gasteiger partial charge in [0.15, 0.2) is 0 Å². The van der Waals surface area contributed by atoms with Gasteiger partial charge in [-0.2, -0.15) is 0 Å². The third kappa shape index (κ3) is 3.09. The average molecular weight is 295 g/mol. The average Bonchev–Trinajstić information content (AvgIpc) is 2.88. The van der Waals surface area contributed by atoms with Crippen LogP contribution in [0.4, 0.5) is 11.4 Å². The topological polar surface area (TPSA) is 127 Å². The van der Waals surface area contributed by atoms with Crippen molar-refractivity contribution in [3.05, 3.63) is 36.4 Å². The zero-order chi connectivity index (χ0) is 14.8. The van der Waals surface area contributed by atoms with Crippen molar-refractivity contribution in [3.8, 4) is 0 Å². The Labute approximate surface area is 117 Å². The number of hydrogen-bond acceptors (Lipinski definition) is 5. The maximum Gasteiger partial charge on any atom is 0.240 e. The first-order valence-corrected chi connectivity index (χ1v) is 7.64. The predicted octanol–water partition coefficient (Wildman–Crippen LogP) is 1.20. The summed E-state index contributed by atoms with van der Waals surface area (Å²) in [5.41, 5.74) is 6.54. The van der Waals surface area contributed by atoms with Crippen LogP contribution >= 0.6 is 0 Å². The number of benzene rings is 1. The Balaban J connectivity index is 2.24. The van der Waals surface area contributed by atoms with Crippen LogP contribution in [0.3, 0.4) is 0 Å². The minimum Gasteiger partial charge on any atom is -0.398 e. The van der Waals surface area contributed by atoms with E-state index in [4.69, 9.17) is 10.9 Å². The molecule has 1 heterocycles. The van der Waals surface area contributed by atoms with E-state index < -0.39 is 10.0 Å². The summed E-state index contributed by atoms with van der Waals surface area (Å²) in [7, 11) is -3.80. The van der Waals surface area contributed by atoms with Crippen LogP contribution in [-0.4, -0.2) is 18.4 Å². The highest BCUT2D eigenvalue weighted by molar-refractivity contribution is 7.89. The number of sulfonamides is 1. The summed E-state index contributed by atoms with van der Waals surface area (Å²) in [5, 5.41) is 8.31. The second-order valence-electron chi connectivity index (χ2n) is 4.38. The molecule has 0 fully saturated rings. The summed E-state index contributed by atoms with van der Waals surface area (Å²) in [6, 6.07) is 4.55. The van der Waals surface area contributed by atoms with E-state index in [2.05, 4.69) is 15.3 Å². The Morgan fingerprint density at radius 2 is 2.20 bits per heavy atom. The Morgan fingerprint density at radius 3 is 2.70 bits per heavy atom. The van der Waals surface area contributed by atoms with E-state index in [0.717, 1.165) is 12.2 Å². The van der Waals surface area contributed by atoms with Crippen molar-refractivity contribution in [2.45, 2.75) is 24.3 Å². The van der Waals surface area contributed by atoms with Crippen molar-refractivity contribution in [1.82, 2.24) is 9.97 Å². The maximum absolute atomic E-state index is 11.3. The molecule has 1 atom stereocenters. The SMILES string of the molecule is CCC(Nc1ccc(S(N)(=O)=O)c(N)c1)c1ncc[nH]1. The van der Waals surface area contributed by atoms with Gasteiger partial charge in [-0.15, -0.1) is 0 Å². The number of rotatable bonds is 5. The Hall–Kier alpha value is -2.06. The molecule has 2 rings (SSSR count). The van der Waals surface area contributed by atoms with E-state index in [9.17, 15) is 8.42 Å². The van der Waals surface area contributed by atoms with E-state index in [0.29, 0.717) is 5.69 Å². The van der Waals surface area contributed by atoms with Crippen LogP contribution in [0.5, 0.6) is 0 Å². The number of H-pyrrole nitrogens is 1. The largest absolute Gasteiger partial charge is 0.398 e. The molecule has 1 unspecified atom stereocenters. The van der Waals surface area contributed by atoms with Crippen LogP contribution < -0.4 is 16.2 Å². The minimum absolute atomic E-state index is 0.00951. The highest BCUT2D eigenvalue weighted by Gasteiger charge is 2.15. The van der Waals surface area contributed by atoms with Crippen LogP contribution in [0, 0.1) is 0 Å². The molecule has 108 valence electrons. The number of imidazole rings is 1. The second kappa shape index (κ2) is 5.51. The van der Waals surface area contributed by atoms with E-state index in [1.54, 1.807) is 24.5 Å². The zero-order valence-corrected chi connectivity index (χ0v) is 11.8. The van der Waals surface area contributed by atoms with E-state index >= 15 is 0 Å². The fourth-order valence-electron chi connectivity index (χ4n) is 1.93. The van der Waals surface area contributed by atoms with E-state index in [1.807, 2.05) is 6.92 Å². The number of aromatic amines is 1. The zero-order valence-electron chi connectivity index (χ0n) is 11.0. The second-order valence-corrected chi connectivity index (χ2v) is 5.91. The van der Waals surface area contributed by atoms with Gasteiger partial charge in [-0.05, 0) is 24.6 Å². The molecule has 0 amide bonds. The number of aromatic nitrogens is 2. The summed E-state index contributed by atoms with van der Waals surface area (Å²) in [5.74, 6) is 0.807. The van der Waals surface area contributed by atoms with E-state index in [-0.39, 0.29) is 16.6 Å². The Bertz CT molecular complexity index is 682. The molecule has 0 radical (unpaired) electrons. The fraction of sp³-hybridized carbons (Fsp3) is 0.250. The molecule has 0 aliphatic rings. The summed E-state index contributed by atoms with van der Waals surface area (Å²) >= 11 is 0. The van der Waals surface area contributed by atoms with Crippen LogP contribution in [0.2, 0.25) is 0 Å². The molecule has 1 aromatic carbocycles. The van der Waals surface area contributed by atoms with Crippen LogP contribution in [0.1, 0.15) is 25.2 Å². The van der Waals surface area contributed by atoms with Crippen LogP contribution in [-0.2, 0) is 10.0 Å². The van der Waals surface area contributed by atoms with Crippen LogP contribution in [0.25, 0.3) is 0 Å². The molecule has 2 aromatic rings. The summed E-state index contributed by atoms with van der Waals surface area (Å²) < 4.78 is 22.6. The normalized spacial score (nSPS) is 13.1. The lowest BCUT2D eigenvalue weighted by Crippen LogP contribution is -2.15. The smallest absolute Gasteiger partial charge is 0.240 e. The standard InChI is InChI=1S/C12H17N5O2S/c1-2-10(12-15-5-6-16-12)17-8-3-4-11(9(13)7-8)20(14,18)19/h3-7,10,17H,2,13H2,1H3,(H,15,16)(H2,14,18,19). The van der Waals surface area contributed by atoms with Gasteiger partial charge in [0.2, 0.25) is 10.0 Å². The third-order valence-electron chi connectivity index (χ3n) is 2.91. The molecule has 7 nitrogen and oxygen atoms in total. The number of primary sulfonamides is 1. The van der Waals surface area contributed by atoms with Gasteiger partial charge in [-0.25, -0.2) is 18.5 Å². The van der Waals surface area contributed by atoms with Crippen molar-refractivity contribution < 1.29 is 8.42 Å². The third-order valence-corrected chi connectivity index (χ3v) is 3.90.